The molecule has 1 aliphatic rings. The zero-order valence-corrected chi connectivity index (χ0v) is 24.4. The lowest BCUT2D eigenvalue weighted by Crippen LogP contribution is -2.24. The van der Waals surface area contributed by atoms with Crippen molar-refractivity contribution in [2.24, 2.45) is 7.05 Å². The number of hydrogen-bond donors (Lipinski definition) is 0. The average molecular weight is 614 g/mol. The van der Waals surface area contributed by atoms with Crippen LogP contribution in [0.5, 0.6) is 5.88 Å². The zero-order chi connectivity index (χ0) is 31.5. The van der Waals surface area contributed by atoms with E-state index in [2.05, 4.69) is 25.1 Å². The number of aryl methyl sites for hydroxylation is 2. The molecule has 7 rings (SSSR count). The summed E-state index contributed by atoms with van der Waals surface area (Å²) >= 11 is 0. The van der Waals surface area contributed by atoms with E-state index in [0.717, 1.165) is 30.2 Å². The van der Waals surface area contributed by atoms with E-state index in [-0.39, 0.29) is 18.0 Å². The molecule has 1 saturated carbocycles. The van der Waals surface area contributed by atoms with Crippen molar-refractivity contribution < 1.29 is 17.9 Å². The predicted octanol–water partition coefficient (Wildman–Crippen LogP) is 5.10. The van der Waals surface area contributed by atoms with Gasteiger partial charge in [-0.25, -0.2) is 24.6 Å². The van der Waals surface area contributed by atoms with Crippen molar-refractivity contribution >= 4 is 11.0 Å². The van der Waals surface area contributed by atoms with E-state index in [1.54, 1.807) is 72.1 Å². The Hall–Kier alpha value is -5.40. The molecule has 0 bridgehead atoms. The van der Waals surface area contributed by atoms with Crippen molar-refractivity contribution in [3.8, 4) is 34.1 Å². The second-order valence-electron chi connectivity index (χ2n) is 11.0. The molecule has 0 radical (unpaired) electrons. The van der Waals surface area contributed by atoms with Crippen LogP contribution >= 0.6 is 0 Å². The summed E-state index contributed by atoms with van der Waals surface area (Å²) in [6, 6.07) is 9.59. The maximum Gasteiger partial charge on any atom is 0.435 e. The van der Waals surface area contributed by atoms with Crippen LogP contribution in [0.3, 0.4) is 0 Å². The summed E-state index contributed by atoms with van der Waals surface area (Å²) in [6.45, 7) is 1.69. The summed E-state index contributed by atoms with van der Waals surface area (Å²) in [5, 5.41) is 8.59. The number of methoxy groups -OCH3 is 1. The van der Waals surface area contributed by atoms with Crippen LogP contribution in [0.15, 0.2) is 66.1 Å². The number of hydrogen-bond acceptors (Lipinski definition) is 8. The number of aromatic nitrogens is 9. The summed E-state index contributed by atoms with van der Waals surface area (Å²) in [5.74, 6) is 0.954. The summed E-state index contributed by atoms with van der Waals surface area (Å²) in [6.07, 6.45) is 3.94. The van der Waals surface area contributed by atoms with Crippen LogP contribution in [0.4, 0.5) is 13.2 Å². The van der Waals surface area contributed by atoms with Crippen LogP contribution in [0, 0.1) is 6.92 Å². The number of benzene rings is 1. The Balaban J connectivity index is 1.35. The third kappa shape index (κ3) is 5.21. The zero-order valence-electron chi connectivity index (χ0n) is 24.4. The second-order valence-corrected chi connectivity index (χ2v) is 11.0. The van der Waals surface area contributed by atoms with E-state index >= 15 is 0 Å². The standard InChI is InChI=1S/C31H26F3N9O2/c1-17-10-24(31(32,33)34)40-43(17)22-8-4-18(5-9-22)14-42-28-20(11-23(30(42)44)21-13-38-41(2)15-21)12-35-27(39-28)25-26(19-6-7-19)36-16-37-29(25)45-3/h4-5,8-13,15-16,19H,6-7,14H2,1-3H3. The van der Waals surface area contributed by atoms with Crippen molar-refractivity contribution in [1.29, 1.82) is 0 Å². The van der Waals surface area contributed by atoms with Crippen LogP contribution in [-0.4, -0.2) is 51.2 Å². The minimum absolute atomic E-state index is 0.129. The Morgan fingerprint density at radius 1 is 1.04 bits per heavy atom. The number of ether oxygens (including phenoxy) is 1. The quantitative estimate of drug-likeness (QED) is 0.244. The lowest BCUT2D eigenvalue weighted by molar-refractivity contribution is -0.141. The van der Waals surface area contributed by atoms with Gasteiger partial charge >= 0.3 is 6.18 Å². The van der Waals surface area contributed by atoms with Crippen molar-refractivity contribution in [1.82, 2.24) is 44.1 Å². The maximum absolute atomic E-state index is 14.1. The molecule has 11 nitrogen and oxygen atoms in total. The van der Waals surface area contributed by atoms with Crippen LogP contribution < -0.4 is 10.3 Å². The number of pyridine rings is 1. The average Bonchev–Trinajstić information content (AvgIpc) is 3.66. The molecule has 228 valence electrons. The van der Waals surface area contributed by atoms with Crippen molar-refractivity contribution in [3.05, 3.63) is 94.3 Å². The molecule has 1 fully saturated rings. The molecule has 0 unspecified atom stereocenters. The molecule has 5 aromatic heterocycles. The molecule has 6 aromatic rings. The molecule has 14 heteroatoms. The summed E-state index contributed by atoms with van der Waals surface area (Å²) in [4.78, 5) is 32.4. The third-order valence-electron chi connectivity index (χ3n) is 7.77. The largest absolute Gasteiger partial charge is 0.480 e. The lowest BCUT2D eigenvalue weighted by atomic mass is 10.1. The SMILES string of the molecule is COc1ncnc(C2CC2)c1-c1ncc2cc(-c3cnn(C)c3)c(=O)n(Cc3ccc(-n4nc(C(F)(F)F)cc4C)cc3)c2n1. The topological polar surface area (TPSA) is 118 Å². The van der Waals surface area contributed by atoms with Crippen LogP contribution in [0.25, 0.3) is 39.2 Å². The fraction of sp³-hybridized carbons (Fsp3) is 0.258. The smallest absolute Gasteiger partial charge is 0.435 e. The minimum Gasteiger partial charge on any atom is -0.480 e. The maximum atomic E-state index is 14.1. The van der Waals surface area contributed by atoms with Gasteiger partial charge in [0.05, 0.1) is 36.8 Å². The number of halogens is 3. The van der Waals surface area contributed by atoms with Gasteiger partial charge in [-0.2, -0.15) is 23.4 Å². The fourth-order valence-corrected chi connectivity index (χ4v) is 5.41. The molecule has 5 heterocycles. The Morgan fingerprint density at radius 2 is 1.82 bits per heavy atom. The van der Waals surface area contributed by atoms with Gasteiger partial charge in [0.25, 0.3) is 5.56 Å². The molecular weight excluding hydrogens is 587 g/mol. The Morgan fingerprint density at radius 3 is 2.47 bits per heavy atom. The van der Waals surface area contributed by atoms with Gasteiger partial charge in [-0.1, -0.05) is 12.1 Å². The van der Waals surface area contributed by atoms with Crippen molar-refractivity contribution in [2.75, 3.05) is 7.11 Å². The van der Waals surface area contributed by atoms with E-state index in [9.17, 15) is 18.0 Å². The van der Waals surface area contributed by atoms with Gasteiger partial charge in [0, 0.05) is 42.0 Å². The molecule has 0 amide bonds. The number of fused-ring (bicyclic) bond motifs is 1. The van der Waals surface area contributed by atoms with E-state index in [4.69, 9.17) is 9.72 Å². The van der Waals surface area contributed by atoms with Gasteiger partial charge in [-0.3, -0.25) is 14.0 Å². The van der Waals surface area contributed by atoms with E-state index in [0.29, 0.717) is 50.8 Å². The summed E-state index contributed by atoms with van der Waals surface area (Å²) < 4.78 is 49.7. The molecule has 1 aromatic carbocycles. The number of rotatable bonds is 7. The first kappa shape index (κ1) is 28.4. The first-order valence-electron chi connectivity index (χ1n) is 14.1. The van der Waals surface area contributed by atoms with Crippen molar-refractivity contribution in [2.45, 2.75) is 38.4 Å². The molecular formula is C31H26F3N9O2. The number of nitrogens with zero attached hydrogens (tertiary/aromatic N) is 9. The van der Waals surface area contributed by atoms with Crippen LogP contribution in [0.1, 0.15) is 41.4 Å². The number of alkyl halides is 3. The minimum atomic E-state index is -4.55. The molecule has 0 aliphatic heterocycles. The third-order valence-corrected chi connectivity index (χ3v) is 7.77. The molecule has 1 aliphatic carbocycles. The second kappa shape index (κ2) is 10.6. The molecule has 0 spiro atoms. The Bertz CT molecular complexity index is 2130. The van der Waals surface area contributed by atoms with Gasteiger partial charge in [0.15, 0.2) is 11.5 Å². The Kier molecular flexibility index (Phi) is 6.71. The Labute approximate surface area is 254 Å². The molecule has 0 atom stereocenters. The van der Waals surface area contributed by atoms with Gasteiger partial charge in [-0.15, -0.1) is 0 Å². The van der Waals surface area contributed by atoms with Crippen LogP contribution in [0.2, 0.25) is 0 Å². The van der Waals surface area contributed by atoms with Gasteiger partial charge in [0.2, 0.25) is 5.88 Å². The first-order valence-corrected chi connectivity index (χ1v) is 14.1. The van der Waals surface area contributed by atoms with Crippen LogP contribution in [-0.2, 0) is 19.8 Å². The van der Waals surface area contributed by atoms with E-state index in [1.807, 2.05) is 0 Å². The molecule has 45 heavy (non-hydrogen) atoms. The molecule has 0 saturated heterocycles. The lowest BCUT2D eigenvalue weighted by Gasteiger charge is -2.15. The van der Waals surface area contributed by atoms with Gasteiger partial charge < -0.3 is 4.74 Å². The van der Waals surface area contributed by atoms with Gasteiger partial charge in [-0.05, 0) is 49.6 Å². The fourth-order valence-electron chi connectivity index (χ4n) is 5.41. The highest BCUT2D eigenvalue weighted by atomic mass is 19.4. The first-order chi connectivity index (χ1) is 21.6. The van der Waals surface area contributed by atoms with E-state index < -0.39 is 11.9 Å². The van der Waals surface area contributed by atoms with Gasteiger partial charge in [0.1, 0.15) is 17.5 Å². The van der Waals surface area contributed by atoms with E-state index in [1.165, 1.54) is 18.1 Å². The van der Waals surface area contributed by atoms with Crippen molar-refractivity contribution in [3.63, 3.8) is 0 Å². The monoisotopic (exact) mass is 613 g/mol. The molecule has 0 N–H and O–H groups in total. The summed E-state index contributed by atoms with van der Waals surface area (Å²) in [5.41, 5.74) is 3.14. The summed E-state index contributed by atoms with van der Waals surface area (Å²) in [7, 11) is 3.30. The highest BCUT2D eigenvalue weighted by Gasteiger charge is 2.35. The normalized spacial score (nSPS) is 13.5. The highest BCUT2D eigenvalue weighted by Crippen LogP contribution is 2.45. The predicted molar refractivity (Wildman–Crippen MR) is 158 cm³/mol. The highest BCUT2D eigenvalue weighted by molar-refractivity contribution is 5.82.